The second-order valence-electron chi connectivity index (χ2n) is 4.34. The van der Waals surface area contributed by atoms with Gasteiger partial charge in [0.15, 0.2) is 0 Å². The number of hydrogen-bond acceptors (Lipinski definition) is 2. The summed E-state index contributed by atoms with van der Waals surface area (Å²) in [7, 11) is 0. The topological polar surface area (TPSA) is 42.0 Å². The van der Waals surface area contributed by atoms with E-state index < -0.39 is 0 Å². The molecule has 0 atom stereocenters. The van der Waals surface area contributed by atoms with Gasteiger partial charge in [0, 0.05) is 24.0 Å². The van der Waals surface area contributed by atoms with E-state index in [1.54, 1.807) is 24.5 Å². The molecule has 86 valence electrons. The van der Waals surface area contributed by atoms with Gasteiger partial charge in [-0.2, -0.15) is 0 Å². The van der Waals surface area contributed by atoms with Crippen LogP contribution in [0.4, 0.5) is 0 Å². The van der Waals surface area contributed by atoms with Crippen LogP contribution in [0.15, 0.2) is 30.6 Å². The van der Waals surface area contributed by atoms with Gasteiger partial charge in [0.25, 0.3) is 0 Å². The van der Waals surface area contributed by atoms with E-state index in [1.165, 1.54) is 0 Å². The summed E-state index contributed by atoms with van der Waals surface area (Å²) in [6.45, 7) is 6.06. The van der Waals surface area contributed by atoms with Crippen LogP contribution in [0.5, 0.6) is 0 Å². The molecule has 1 rings (SSSR count). The minimum absolute atomic E-state index is 0.0661. The highest BCUT2D eigenvalue weighted by molar-refractivity contribution is 5.92. The minimum Gasteiger partial charge on any atom is -0.348 e. The Balaban J connectivity index is 2.56. The molecular weight excluding hydrogens is 200 g/mol. The summed E-state index contributed by atoms with van der Waals surface area (Å²) >= 11 is 0. The highest BCUT2D eigenvalue weighted by Crippen LogP contribution is 2.07. The summed E-state index contributed by atoms with van der Waals surface area (Å²) in [6, 6.07) is 3.71. The number of nitrogens with one attached hydrogen (secondary N) is 1. The third-order valence-electron chi connectivity index (χ3n) is 2.48. The zero-order valence-corrected chi connectivity index (χ0v) is 10.0. The van der Waals surface area contributed by atoms with Gasteiger partial charge in [0.1, 0.15) is 0 Å². The molecule has 0 saturated heterocycles. The molecule has 16 heavy (non-hydrogen) atoms. The molecule has 3 nitrogen and oxygen atoms in total. The summed E-state index contributed by atoms with van der Waals surface area (Å²) in [4.78, 5) is 15.5. The first-order valence-corrected chi connectivity index (χ1v) is 5.44. The molecule has 1 N–H and O–H groups in total. The molecule has 0 saturated carbocycles. The third-order valence-corrected chi connectivity index (χ3v) is 2.48. The molecule has 1 aromatic heterocycles. The van der Waals surface area contributed by atoms with Gasteiger partial charge < -0.3 is 5.32 Å². The van der Waals surface area contributed by atoms with E-state index in [2.05, 4.69) is 10.3 Å². The Labute approximate surface area is 96.6 Å². The summed E-state index contributed by atoms with van der Waals surface area (Å²) < 4.78 is 0. The lowest BCUT2D eigenvalue weighted by molar-refractivity contribution is -0.117. The Kier molecular flexibility index (Phi) is 4.23. The number of aromatic nitrogens is 1. The van der Waals surface area contributed by atoms with E-state index in [0.29, 0.717) is 0 Å². The van der Waals surface area contributed by atoms with Crippen LogP contribution >= 0.6 is 0 Å². The largest absolute Gasteiger partial charge is 0.348 e. The Morgan fingerprint density at radius 3 is 2.62 bits per heavy atom. The van der Waals surface area contributed by atoms with Crippen molar-refractivity contribution in [2.24, 2.45) is 0 Å². The van der Waals surface area contributed by atoms with Crippen LogP contribution in [0.1, 0.15) is 32.8 Å². The maximum Gasteiger partial charge on any atom is 0.244 e. The fraction of sp³-hybridized carbons (Fsp3) is 0.385. The Hall–Kier alpha value is -1.64. The van der Waals surface area contributed by atoms with Gasteiger partial charge in [-0.15, -0.1) is 0 Å². The average Bonchev–Trinajstić information content (AvgIpc) is 2.27. The number of carbonyl (C=O) groups is 1. The SMILES string of the molecule is CCC(C)(C)NC(=O)/C=C/c1ccncc1. The molecular formula is C13H18N2O. The predicted molar refractivity (Wildman–Crippen MR) is 65.8 cm³/mol. The molecule has 0 aromatic carbocycles. The van der Waals surface area contributed by atoms with Crippen LogP contribution in [-0.4, -0.2) is 16.4 Å². The van der Waals surface area contributed by atoms with Gasteiger partial charge in [-0.05, 0) is 44.0 Å². The Morgan fingerprint density at radius 1 is 1.44 bits per heavy atom. The van der Waals surface area contributed by atoms with Crippen LogP contribution < -0.4 is 5.32 Å². The van der Waals surface area contributed by atoms with Gasteiger partial charge in [-0.3, -0.25) is 9.78 Å². The van der Waals surface area contributed by atoms with Crippen molar-refractivity contribution >= 4 is 12.0 Å². The summed E-state index contributed by atoms with van der Waals surface area (Å²) in [5.74, 6) is -0.0661. The van der Waals surface area contributed by atoms with E-state index >= 15 is 0 Å². The molecule has 3 heteroatoms. The molecule has 1 amide bonds. The van der Waals surface area contributed by atoms with E-state index in [0.717, 1.165) is 12.0 Å². The molecule has 0 aliphatic carbocycles. The van der Waals surface area contributed by atoms with Gasteiger partial charge in [-0.25, -0.2) is 0 Å². The molecule has 0 aliphatic heterocycles. The second-order valence-corrected chi connectivity index (χ2v) is 4.34. The highest BCUT2D eigenvalue weighted by atomic mass is 16.1. The van der Waals surface area contributed by atoms with Crippen molar-refractivity contribution < 1.29 is 4.79 Å². The molecule has 0 fully saturated rings. The van der Waals surface area contributed by atoms with Crippen molar-refractivity contribution in [3.05, 3.63) is 36.2 Å². The normalized spacial score (nSPS) is 11.7. The van der Waals surface area contributed by atoms with Gasteiger partial charge in [0.05, 0.1) is 0 Å². The molecule has 0 bridgehead atoms. The zero-order valence-electron chi connectivity index (χ0n) is 10.0. The van der Waals surface area contributed by atoms with Crippen LogP contribution in [0.3, 0.4) is 0 Å². The first kappa shape index (κ1) is 12.4. The monoisotopic (exact) mass is 218 g/mol. The highest BCUT2D eigenvalue weighted by Gasteiger charge is 2.15. The second kappa shape index (κ2) is 5.45. The Bertz CT molecular complexity index is 369. The van der Waals surface area contributed by atoms with Crippen molar-refractivity contribution in [2.75, 3.05) is 0 Å². The van der Waals surface area contributed by atoms with Crippen molar-refractivity contribution in [1.82, 2.24) is 10.3 Å². The number of amides is 1. The molecule has 0 spiro atoms. The number of nitrogens with zero attached hydrogens (tertiary/aromatic N) is 1. The molecule has 0 unspecified atom stereocenters. The van der Waals surface area contributed by atoms with Crippen LogP contribution in [0.2, 0.25) is 0 Å². The first-order valence-electron chi connectivity index (χ1n) is 5.44. The van der Waals surface area contributed by atoms with Crippen LogP contribution in [-0.2, 0) is 4.79 Å². The quantitative estimate of drug-likeness (QED) is 0.788. The number of rotatable bonds is 4. The summed E-state index contributed by atoms with van der Waals surface area (Å²) in [6.07, 6.45) is 7.64. The summed E-state index contributed by atoms with van der Waals surface area (Å²) in [5, 5.41) is 2.93. The fourth-order valence-electron chi connectivity index (χ4n) is 1.11. The lowest BCUT2D eigenvalue weighted by Gasteiger charge is -2.23. The maximum absolute atomic E-state index is 11.6. The maximum atomic E-state index is 11.6. The van der Waals surface area contributed by atoms with Crippen LogP contribution in [0.25, 0.3) is 6.08 Å². The smallest absolute Gasteiger partial charge is 0.244 e. The van der Waals surface area contributed by atoms with Gasteiger partial charge in [-0.1, -0.05) is 6.92 Å². The van der Waals surface area contributed by atoms with E-state index in [1.807, 2.05) is 32.9 Å². The number of carbonyl (C=O) groups excluding carboxylic acids is 1. The van der Waals surface area contributed by atoms with Crippen molar-refractivity contribution in [1.29, 1.82) is 0 Å². The fourth-order valence-corrected chi connectivity index (χ4v) is 1.11. The van der Waals surface area contributed by atoms with Crippen molar-refractivity contribution in [3.8, 4) is 0 Å². The molecule has 0 aliphatic rings. The van der Waals surface area contributed by atoms with E-state index in [-0.39, 0.29) is 11.4 Å². The van der Waals surface area contributed by atoms with E-state index in [4.69, 9.17) is 0 Å². The van der Waals surface area contributed by atoms with Crippen LogP contribution in [0, 0.1) is 0 Å². The van der Waals surface area contributed by atoms with E-state index in [9.17, 15) is 4.79 Å². The lowest BCUT2D eigenvalue weighted by atomic mass is 10.0. The average molecular weight is 218 g/mol. The first-order chi connectivity index (χ1) is 7.53. The standard InChI is InChI=1S/C13H18N2O/c1-4-13(2,3)15-12(16)6-5-11-7-9-14-10-8-11/h5-10H,4H2,1-3H3,(H,15,16)/b6-5+. The number of pyridine rings is 1. The third kappa shape index (κ3) is 4.26. The Morgan fingerprint density at radius 2 is 2.06 bits per heavy atom. The van der Waals surface area contributed by atoms with Crippen molar-refractivity contribution in [2.45, 2.75) is 32.7 Å². The lowest BCUT2D eigenvalue weighted by Crippen LogP contribution is -2.41. The zero-order chi connectivity index (χ0) is 12.0. The summed E-state index contributed by atoms with van der Waals surface area (Å²) in [5.41, 5.74) is 0.819. The van der Waals surface area contributed by atoms with Gasteiger partial charge in [0.2, 0.25) is 5.91 Å². The van der Waals surface area contributed by atoms with Gasteiger partial charge >= 0.3 is 0 Å². The van der Waals surface area contributed by atoms with Crippen molar-refractivity contribution in [3.63, 3.8) is 0 Å². The predicted octanol–water partition coefficient (Wildman–Crippen LogP) is 2.40. The minimum atomic E-state index is -0.153. The molecule has 1 heterocycles. The number of hydrogen-bond donors (Lipinski definition) is 1. The molecule has 1 aromatic rings. The molecule has 0 radical (unpaired) electrons.